The molecule has 0 radical (unpaired) electrons. The lowest BCUT2D eigenvalue weighted by Crippen LogP contribution is -2.41. The summed E-state index contributed by atoms with van der Waals surface area (Å²) >= 11 is 3.36. The Kier molecular flexibility index (Phi) is 4.33. The highest BCUT2D eigenvalue weighted by Gasteiger charge is 2.32. The molecule has 0 saturated heterocycles. The van der Waals surface area contributed by atoms with Crippen LogP contribution in [-0.4, -0.2) is 10.2 Å². The molecule has 1 unspecified atom stereocenters. The molecule has 0 aliphatic rings. The van der Waals surface area contributed by atoms with Crippen LogP contribution in [0.25, 0.3) is 0 Å². The number of carbonyl (C=O) groups is 1. The normalized spacial score (nSPS) is 14.5. The van der Waals surface area contributed by atoms with Crippen LogP contribution in [0.5, 0.6) is 0 Å². The van der Waals surface area contributed by atoms with E-state index in [1.165, 1.54) is 0 Å². The average molecular weight is 232 g/mol. The van der Waals surface area contributed by atoms with Gasteiger partial charge in [0.2, 0.25) is 5.91 Å². The molecule has 0 aliphatic carbocycles. The SMILES string of the molecule is CC#CNC(=O)C(C)(Br)C(C)C. The van der Waals surface area contributed by atoms with Gasteiger partial charge in [-0.05, 0) is 19.8 Å². The molecule has 12 heavy (non-hydrogen) atoms. The molecule has 2 nitrogen and oxygen atoms in total. The molecule has 3 heteroatoms. The van der Waals surface area contributed by atoms with Crippen molar-refractivity contribution in [1.82, 2.24) is 5.32 Å². The highest BCUT2D eigenvalue weighted by molar-refractivity contribution is 9.10. The Hall–Kier alpha value is -0.490. The predicted octanol–water partition coefficient (Wildman–Crippen LogP) is 1.89. The highest BCUT2D eigenvalue weighted by atomic mass is 79.9. The molecule has 0 rings (SSSR count). The predicted molar refractivity (Wildman–Crippen MR) is 53.8 cm³/mol. The molecule has 68 valence electrons. The second kappa shape index (κ2) is 4.51. The van der Waals surface area contributed by atoms with E-state index in [0.29, 0.717) is 0 Å². The third kappa shape index (κ3) is 2.86. The van der Waals surface area contributed by atoms with Crippen LogP contribution in [0.3, 0.4) is 0 Å². The van der Waals surface area contributed by atoms with Gasteiger partial charge in [-0.3, -0.25) is 10.1 Å². The van der Waals surface area contributed by atoms with E-state index in [4.69, 9.17) is 0 Å². The maximum absolute atomic E-state index is 11.4. The number of halogens is 1. The van der Waals surface area contributed by atoms with Gasteiger partial charge in [0, 0.05) is 6.04 Å². The lowest BCUT2D eigenvalue weighted by molar-refractivity contribution is -0.122. The molecule has 0 aromatic carbocycles. The van der Waals surface area contributed by atoms with Crippen LogP contribution in [0.1, 0.15) is 27.7 Å². The van der Waals surface area contributed by atoms with Crippen molar-refractivity contribution in [3.63, 3.8) is 0 Å². The summed E-state index contributed by atoms with van der Waals surface area (Å²) in [5, 5.41) is 2.51. The minimum Gasteiger partial charge on any atom is -0.284 e. The van der Waals surface area contributed by atoms with Gasteiger partial charge in [0.1, 0.15) is 4.32 Å². The fourth-order valence-corrected chi connectivity index (χ4v) is 0.603. The lowest BCUT2D eigenvalue weighted by Gasteiger charge is -2.23. The molecule has 0 spiro atoms. The number of carbonyl (C=O) groups excluding carboxylic acids is 1. The summed E-state index contributed by atoms with van der Waals surface area (Å²) in [5.41, 5.74) is 0. The summed E-state index contributed by atoms with van der Waals surface area (Å²) in [6.07, 6.45) is 0. The minimum atomic E-state index is -0.531. The number of amides is 1. The van der Waals surface area contributed by atoms with Crippen molar-refractivity contribution in [3.8, 4) is 12.0 Å². The Balaban J connectivity index is 4.32. The van der Waals surface area contributed by atoms with Crippen LogP contribution in [0, 0.1) is 17.9 Å². The Morgan fingerprint density at radius 1 is 1.58 bits per heavy atom. The largest absolute Gasteiger partial charge is 0.284 e. The van der Waals surface area contributed by atoms with Crippen molar-refractivity contribution < 1.29 is 4.79 Å². The molecular formula is C9H14BrNO. The van der Waals surface area contributed by atoms with E-state index in [0.717, 1.165) is 0 Å². The van der Waals surface area contributed by atoms with E-state index in [1.54, 1.807) is 6.92 Å². The topological polar surface area (TPSA) is 29.1 Å². The van der Waals surface area contributed by atoms with Crippen LogP contribution in [-0.2, 0) is 4.79 Å². The molecule has 0 bridgehead atoms. The molecule has 1 amide bonds. The van der Waals surface area contributed by atoms with Crippen LogP contribution >= 0.6 is 15.9 Å². The summed E-state index contributed by atoms with van der Waals surface area (Å²) in [6, 6.07) is 2.53. The van der Waals surface area contributed by atoms with Crippen molar-refractivity contribution in [2.24, 2.45) is 5.92 Å². The molecule has 0 aromatic heterocycles. The second-order valence-corrected chi connectivity index (χ2v) is 4.71. The Morgan fingerprint density at radius 3 is 2.42 bits per heavy atom. The van der Waals surface area contributed by atoms with E-state index in [2.05, 4.69) is 33.2 Å². The highest BCUT2D eigenvalue weighted by Crippen LogP contribution is 2.26. The maximum Gasteiger partial charge on any atom is 0.248 e. The quantitative estimate of drug-likeness (QED) is 0.439. The van der Waals surface area contributed by atoms with Crippen molar-refractivity contribution in [3.05, 3.63) is 0 Å². The van der Waals surface area contributed by atoms with E-state index in [-0.39, 0.29) is 11.8 Å². The van der Waals surface area contributed by atoms with E-state index in [1.807, 2.05) is 20.8 Å². The monoisotopic (exact) mass is 231 g/mol. The first-order valence-electron chi connectivity index (χ1n) is 3.84. The standard InChI is InChI=1S/C9H14BrNO/c1-5-6-11-8(12)9(4,10)7(2)3/h7H,1-4H3,(H,11,12). The Morgan fingerprint density at radius 2 is 2.08 bits per heavy atom. The van der Waals surface area contributed by atoms with Gasteiger partial charge in [0.15, 0.2) is 0 Å². The van der Waals surface area contributed by atoms with Gasteiger partial charge in [-0.2, -0.15) is 0 Å². The summed E-state index contributed by atoms with van der Waals surface area (Å²) in [6.45, 7) is 7.48. The third-order valence-corrected chi connectivity index (χ3v) is 3.11. The molecular weight excluding hydrogens is 218 g/mol. The van der Waals surface area contributed by atoms with Gasteiger partial charge < -0.3 is 0 Å². The summed E-state index contributed by atoms with van der Waals surface area (Å²) in [7, 11) is 0. The Labute approximate surface area is 82.2 Å². The van der Waals surface area contributed by atoms with Crippen molar-refractivity contribution in [1.29, 1.82) is 0 Å². The second-order valence-electron chi connectivity index (χ2n) is 3.06. The molecule has 0 fully saturated rings. The van der Waals surface area contributed by atoms with Crippen LogP contribution in [0.15, 0.2) is 0 Å². The lowest BCUT2D eigenvalue weighted by atomic mass is 9.97. The van der Waals surface area contributed by atoms with Gasteiger partial charge in [0.05, 0.1) is 0 Å². The Bertz CT molecular complexity index is 222. The first-order chi connectivity index (χ1) is 5.42. The van der Waals surface area contributed by atoms with Crippen molar-refractivity contribution in [2.45, 2.75) is 32.0 Å². The number of alkyl halides is 1. The molecule has 0 aliphatic heterocycles. The number of nitrogens with one attached hydrogen (secondary N) is 1. The molecule has 0 heterocycles. The third-order valence-electron chi connectivity index (χ3n) is 1.83. The van der Waals surface area contributed by atoms with Gasteiger partial charge in [-0.1, -0.05) is 35.7 Å². The zero-order valence-corrected chi connectivity index (χ0v) is 9.45. The van der Waals surface area contributed by atoms with Crippen molar-refractivity contribution >= 4 is 21.8 Å². The van der Waals surface area contributed by atoms with Gasteiger partial charge in [-0.25, -0.2) is 0 Å². The van der Waals surface area contributed by atoms with Gasteiger partial charge in [-0.15, -0.1) is 0 Å². The van der Waals surface area contributed by atoms with Crippen LogP contribution < -0.4 is 5.32 Å². The first-order valence-corrected chi connectivity index (χ1v) is 4.63. The van der Waals surface area contributed by atoms with Crippen LogP contribution in [0.4, 0.5) is 0 Å². The zero-order chi connectivity index (χ0) is 9.78. The van der Waals surface area contributed by atoms with Gasteiger partial charge >= 0.3 is 0 Å². The molecule has 0 aromatic rings. The smallest absolute Gasteiger partial charge is 0.248 e. The number of hydrogen-bond acceptors (Lipinski definition) is 1. The van der Waals surface area contributed by atoms with Crippen LogP contribution in [0.2, 0.25) is 0 Å². The summed E-state index contributed by atoms with van der Waals surface area (Å²) < 4.78 is -0.531. The molecule has 1 atom stereocenters. The fourth-order valence-electron chi connectivity index (χ4n) is 0.504. The van der Waals surface area contributed by atoms with Crippen molar-refractivity contribution in [2.75, 3.05) is 0 Å². The fraction of sp³-hybridized carbons (Fsp3) is 0.667. The number of rotatable bonds is 2. The zero-order valence-electron chi connectivity index (χ0n) is 7.86. The maximum atomic E-state index is 11.4. The van der Waals surface area contributed by atoms with E-state index >= 15 is 0 Å². The average Bonchev–Trinajstić information content (AvgIpc) is 1.99. The number of hydrogen-bond donors (Lipinski definition) is 1. The first kappa shape index (κ1) is 11.5. The van der Waals surface area contributed by atoms with E-state index in [9.17, 15) is 4.79 Å². The molecule has 1 N–H and O–H groups in total. The van der Waals surface area contributed by atoms with Gasteiger partial charge in [0.25, 0.3) is 0 Å². The summed E-state index contributed by atoms with van der Waals surface area (Å²) in [4.78, 5) is 11.4. The van der Waals surface area contributed by atoms with E-state index < -0.39 is 4.32 Å². The minimum absolute atomic E-state index is 0.0909. The summed E-state index contributed by atoms with van der Waals surface area (Å²) in [5.74, 6) is 2.75. The molecule has 0 saturated carbocycles.